The quantitative estimate of drug-likeness (QED) is 0.845. The van der Waals surface area contributed by atoms with Crippen molar-refractivity contribution in [2.45, 2.75) is 34.2 Å². The number of nitrogens with zero attached hydrogens (tertiary/aromatic N) is 2. The molecule has 0 saturated carbocycles. The molecule has 3 nitrogen and oxygen atoms in total. The van der Waals surface area contributed by atoms with Gasteiger partial charge in [-0.25, -0.2) is 0 Å². The van der Waals surface area contributed by atoms with Crippen LogP contribution in [0.15, 0.2) is 18.5 Å². The van der Waals surface area contributed by atoms with Gasteiger partial charge in [0.25, 0.3) is 0 Å². The Hall–Kier alpha value is -1.16. The lowest BCUT2D eigenvalue weighted by molar-refractivity contribution is 0.253. The van der Waals surface area contributed by atoms with Crippen LogP contribution in [0.5, 0.6) is 0 Å². The van der Waals surface area contributed by atoms with Crippen LogP contribution in [-0.4, -0.2) is 14.5 Å². The van der Waals surface area contributed by atoms with E-state index in [0.29, 0.717) is 17.8 Å². The van der Waals surface area contributed by atoms with E-state index in [9.17, 15) is 0 Å². The van der Waals surface area contributed by atoms with Gasteiger partial charge in [0.05, 0.1) is 17.2 Å². The molecule has 0 spiro atoms. The maximum atomic E-state index is 5.42. The Morgan fingerprint density at radius 3 is 2.56 bits per heavy atom. The minimum absolute atomic E-state index is 0.629. The van der Waals surface area contributed by atoms with Crippen LogP contribution in [0.4, 0.5) is 0 Å². The van der Waals surface area contributed by atoms with Gasteiger partial charge in [-0.15, -0.1) is 0 Å². The summed E-state index contributed by atoms with van der Waals surface area (Å²) < 4.78 is 3.00. The summed E-state index contributed by atoms with van der Waals surface area (Å²) in [5.74, 6) is 1.93. The van der Waals surface area contributed by atoms with E-state index in [2.05, 4.69) is 42.2 Å². The molecule has 0 unspecified atom stereocenters. The fourth-order valence-corrected chi connectivity index (χ4v) is 2.88. The van der Waals surface area contributed by atoms with Crippen LogP contribution in [-0.2, 0) is 6.54 Å². The Labute approximate surface area is 113 Å². The normalized spacial score (nSPS) is 12.2. The van der Waals surface area contributed by atoms with E-state index < -0.39 is 0 Å². The predicted molar refractivity (Wildman–Crippen MR) is 78.1 cm³/mol. The number of nitrogens with one attached hydrogen (secondary N) is 1. The summed E-state index contributed by atoms with van der Waals surface area (Å²) >= 11 is 5.42. The van der Waals surface area contributed by atoms with Crippen molar-refractivity contribution in [1.82, 2.24) is 14.5 Å². The number of hydrogen-bond acceptors (Lipinski definition) is 2. The summed E-state index contributed by atoms with van der Waals surface area (Å²) in [6, 6.07) is 2.03. The molecule has 18 heavy (non-hydrogen) atoms. The Morgan fingerprint density at radius 1 is 1.28 bits per heavy atom. The summed E-state index contributed by atoms with van der Waals surface area (Å²) in [6.45, 7) is 10.1. The Kier molecular flexibility index (Phi) is 3.85. The molecule has 0 aliphatic heterocycles. The van der Waals surface area contributed by atoms with E-state index in [-0.39, 0.29) is 0 Å². The fourth-order valence-electron chi connectivity index (χ4n) is 2.59. The van der Waals surface area contributed by atoms with E-state index in [1.165, 1.54) is 0 Å². The molecule has 0 aromatic carbocycles. The van der Waals surface area contributed by atoms with Gasteiger partial charge in [-0.2, -0.15) is 0 Å². The number of hydrogen-bond donors (Lipinski definition) is 1. The highest BCUT2D eigenvalue weighted by Gasteiger charge is 2.19. The van der Waals surface area contributed by atoms with Gasteiger partial charge in [-0.3, -0.25) is 4.98 Å². The summed E-state index contributed by atoms with van der Waals surface area (Å²) in [7, 11) is 0. The molecule has 2 aromatic rings. The number of imidazole rings is 1. The van der Waals surface area contributed by atoms with Gasteiger partial charge in [-0.1, -0.05) is 27.7 Å². The zero-order valence-electron chi connectivity index (χ0n) is 11.5. The van der Waals surface area contributed by atoms with Crippen LogP contribution in [0, 0.1) is 22.5 Å². The second-order valence-electron chi connectivity index (χ2n) is 5.59. The number of aromatic nitrogens is 3. The first-order valence-electron chi connectivity index (χ1n) is 6.53. The highest BCUT2D eigenvalue weighted by molar-refractivity contribution is 7.71. The molecule has 98 valence electrons. The van der Waals surface area contributed by atoms with Crippen LogP contribution < -0.4 is 0 Å². The van der Waals surface area contributed by atoms with Gasteiger partial charge in [0.15, 0.2) is 4.77 Å². The molecule has 0 amide bonds. The van der Waals surface area contributed by atoms with E-state index in [0.717, 1.165) is 22.3 Å². The Balaban J connectivity index is 2.42. The molecule has 1 N–H and O–H groups in total. The van der Waals surface area contributed by atoms with E-state index in [1.807, 2.05) is 18.5 Å². The van der Waals surface area contributed by atoms with Crippen LogP contribution in [0.3, 0.4) is 0 Å². The number of pyridine rings is 1. The highest BCUT2D eigenvalue weighted by Crippen LogP contribution is 2.24. The maximum Gasteiger partial charge on any atom is 0.178 e. The summed E-state index contributed by atoms with van der Waals surface area (Å²) in [5, 5.41) is 0. The second kappa shape index (κ2) is 5.22. The van der Waals surface area contributed by atoms with Gasteiger partial charge >= 0.3 is 0 Å². The molecule has 2 heterocycles. The zero-order valence-corrected chi connectivity index (χ0v) is 12.3. The highest BCUT2D eigenvalue weighted by atomic mass is 32.1. The van der Waals surface area contributed by atoms with Gasteiger partial charge in [0.2, 0.25) is 0 Å². The van der Waals surface area contributed by atoms with Gasteiger partial charge in [0.1, 0.15) is 0 Å². The lowest BCUT2D eigenvalue weighted by Gasteiger charge is -2.25. The minimum atomic E-state index is 0.629. The first-order valence-corrected chi connectivity index (χ1v) is 6.94. The third-order valence-electron chi connectivity index (χ3n) is 3.68. The van der Waals surface area contributed by atoms with Crippen molar-refractivity contribution in [3.8, 4) is 0 Å². The Morgan fingerprint density at radius 2 is 1.94 bits per heavy atom. The maximum absolute atomic E-state index is 5.42. The van der Waals surface area contributed by atoms with Gasteiger partial charge in [-0.05, 0) is 36.0 Å². The second-order valence-corrected chi connectivity index (χ2v) is 5.97. The van der Waals surface area contributed by atoms with Crippen molar-refractivity contribution in [2.75, 3.05) is 0 Å². The standard InChI is InChI=1S/C14H21N3S/c1-9(2)11(10(3)4)8-17-13-5-6-15-7-12(13)16-14(17)18/h5-7,9-11H,8H2,1-4H3,(H,16,18). The molecule has 0 aliphatic rings. The monoisotopic (exact) mass is 263 g/mol. The van der Waals surface area contributed by atoms with E-state index >= 15 is 0 Å². The topological polar surface area (TPSA) is 33.6 Å². The number of aromatic amines is 1. The summed E-state index contributed by atoms with van der Waals surface area (Å²) in [6.07, 6.45) is 3.66. The number of H-pyrrole nitrogens is 1. The lowest BCUT2D eigenvalue weighted by Crippen LogP contribution is -2.21. The van der Waals surface area contributed by atoms with Crippen molar-refractivity contribution in [1.29, 1.82) is 0 Å². The van der Waals surface area contributed by atoms with E-state index in [1.54, 1.807) is 0 Å². The zero-order chi connectivity index (χ0) is 13.3. The van der Waals surface area contributed by atoms with Crippen molar-refractivity contribution in [2.24, 2.45) is 17.8 Å². The van der Waals surface area contributed by atoms with Crippen molar-refractivity contribution < 1.29 is 0 Å². The average Bonchev–Trinajstić information content (AvgIpc) is 2.61. The molecule has 0 saturated heterocycles. The van der Waals surface area contributed by atoms with E-state index in [4.69, 9.17) is 12.2 Å². The molecule has 2 aromatic heterocycles. The van der Waals surface area contributed by atoms with Crippen LogP contribution in [0.25, 0.3) is 11.0 Å². The molecular weight excluding hydrogens is 242 g/mol. The molecule has 0 radical (unpaired) electrons. The van der Waals surface area contributed by atoms with Gasteiger partial charge in [0, 0.05) is 12.7 Å². The van der Waals surface area contributed by atoms with Crippen molar-refractivity contribution in [3.05, 3.63) is 23.2 Å². The SMILES string of the molecule is CC(C)C(Cn1c(=S)[nH]c2cnccc21)C(C)C. The Bertz CT molecular complexity index is 572. The molecule has 0 aliphatic carbocycles. The largest absolute Gasteiger partial charge is 0.329 e. The summed E-state index contributed by atoms with van der Waals surface area (Å²) in [4.78, 5) is 7.35. The molecule has 0 bridgehead atoms. The van der Waals surface area contributed by atoms with Crippen LogP contribution >= 0.6 is 12.2 Å². The third-order valence-corrected chi connectivity index (χ3v) is 4.00. The molecule has 4 heteroatoms. The number of rotatable bonds is 4. The molecule has 2 rings (SSSR count). The molecule has 0 fully saturated rings. The van der Waals surface area contributed by atoms with Crippen molar-refractivity contribution in [3.63, 3.8) is 0 Å². The molecule has 0 atom stereocenters. The smallest absolute Gasteiger partial charge is 0.178 e. The summed E-state index contributed by atoms with van der Waals surface area (Å²) in [5.41, 5.74) is 2.18. The third kappa shape index (κ3) is 2.48. The first-order chi connectivity index (χ1) is 8.50. The first kappa shape index (κ1) is 13.3. The van der Waals surface area contributed by atoms with Crippen LogP contribution in [0.2, 0.25) is 0 Å². The van der Waals surface area contributed by atoms with Crippen molar-refractivity contribution >= 4 is 23.3 Å². The molecular formula is C14H21N3S. The average molecular weight is 263 g/mol. The van der Waals surface area contributed by atoms with Crippen LogP contribution in [0.1, 0.15) is 27.7 Å². The van der Waals surface area contributed by atoms with Gasteiger partial charge < -0.3 is 9.55 Å². The number of fused-ring (bicyclic) bond motifs is 1. The predicted octanol–water partition coefficient (Wildman–Crippen LogP) is 4.02. The minimum Gasteiger partial charge on any atom is -0.329 e. The lowest BCUT2D eigenvalue weighted by atomic mass is 9.85. The fraction of sp³-hybridized carbons (Fsp3) is 0.571.